The first-order valence-electron chi connectivity index (χ1n) is 9.17. The summed E-state index contributed by atoms with van der Waals surface area (Å²) < 4.78 is 4.05. The van der Waals surface area contributed by atoms with Crippen LogP contribution in [-0.2, 0) is 18.7 Å². The SMILES string of the molecule is CCn1c(C)nnc1CN[C@H]1CCCC[C@H]1n1cc(C(C)(C)O)nn1. The molecular formula is C17H29N7O. The van der Waals surface area contributed by atoms with E-state index < -0.39 is 5.60 Å². The number of aryl methyl sites for hydroxylation is 1. The average molecular weight is 347 g/mol. The van der Waals surface area contributed by atoms with Crippen molar-refractivity contribution in [1.29, 1.82) is 0 Å². The molecule has 2 aromatic heterocycles. The highest BCUT2D eigenvalue weighted by Gasteiger charge is 2.29. The van der Waals surface area contributed by atoms with Gasteiger partial charge >= 0.3 is 0 Å². The van der Waals surface area contributed by atoms with Gasteiger partial charge in [0, 0.05) is 12.6 Å². The Kier molecular flexibility index (Phi) is 5.19. The molecule has 1 aliphatic rings. The van der Waals surface area contributed by atoms with Gasteiger partial charge in [-0.1, -0.05) is 18.1 Å². The Hall–Kier alpha value is -1.80. The van der Waals surface area contributed by atoms with Crippen molar-refractivity contribution in [2.24, 2.45) is 0 Å². The molecule has 3 rings (SSSR count). The molecule has 0 saturated heterocycles. The van der Waals surface area contributed by atoms with Gasteiger partial charge in [0.05, 0.1) is 18.8 Å². The summed E-state index contributed by atoms with van der Waals surface area (Å²) in [7, 11) is 0. The van der Waals surface area contributed by atoms with E-state index in [4.69, 9.17) is 0 Å². The predicted molar refractivity (Wildman–Crippen MR) is 93.8 cm³/mol. The summed E-state index contributed by atoms with van der Waals surface area (Å²) in [5.74, 6) is 1.92. The van der Waals surface area contributed by atoms with Crippen molar-refractivity contribution >= 4 is 0 Å². The quantitative estimate of drug-likeness (QED) is 0.826. The zero-order chi connectivity index (χ0) is 18.0. The third kappa shape index (κ3) is 3.90. The monoisotopic (exact) mass is 347 g/mol. The Balaban J connectivity index is 1.71. The Morgan fingerprint density at radius 1 is 1.24 bits per heavy atom. The number of hydrogen-bond donors (Lipinski definition) is 2. The lowest BCUT2D eigenvalue weighted by atomic mass is 9.90. The third-order valence-corrected chi connectivity index (χ3v) is 5.06. The van der Waals surface area contributed by atoms with Crippen LogP contribution in [0.5, 0.6) is 0 Å². The van der Waals surface area contributed by atoms with Gasteiger partial charge in [0.2, 0.25) is 0 Å². The summed E-state index contributed by atoms with van der Waals surface area (Å²) in [5, 5.41) is 30.7. The summed E-state index contributed by atoms with van der Waals surface area (Å²) in [4.78, 5) is 0. The van der Waals surface area contributed by atoms with Crippen LogP contribution in [-0.4, -0.2) is 40.9 Å². The van der Waals surface area contributed by atoms with Crippen molar-refractivity contribution < 1.29 is 5.11 Å². The summed E-state index contributed by atoms with van der Waals surface area (Å²) in [5.41, 5.74) is -0.358. The standard InChI is InChI=1S/C17H29N7O/c1-5-23-12(2)19-21-16(23)10-18-13-8-6-7-9-14(13)24-11-15(20-22-24)17(3,4)25/h11,13-14,18,25H,5-10H2,1-4H3/t13-,14+/m0/s1. The fourth-order valence-electron chi connectivity index (χ4n) is 3.57. The summed E-state index contributed by atoms with van der Waals surface area (Å²) in [6.07, 6.45) is 6.43. The van der Waals surface area contributed by atoms with E-state index in [0.29, 0.717) is 18.3 Å². The Morgan fingerprint density at radius 3 is 2.68 bits per heavy atom. The second-order valence-corrected chi connectivity index (χ2v) is 7.39. The fraction of sp³-hybridized carbons (Fsp3) is 0.765. The van der Waals surface area contributed by atoms with Gasteiger partial charge in [-0.25, -0.2) is 4.68 Å². The van der Waals surface area contributed by atoms with E-state index in [1.165, 1.54) is 12.8 Å². The molecule has 0 aliphatic heterocycles. The number of nitrogens with one attached hydrogen (secondary N) is 1. The molecule has 2 aromatic rings. The van der Waals surface area contributed by atoms with Gasteiger partial charge in [-0.15, -0.1) is 15.3 Å². The van der Waals surface area contributed by atoms with Gasteiger partial charge in [0.1, 0.15) is 22.9 Å². The highest BCUT2D eigenvalue weighted by molar-refractivity contribution is 5.04. The Morgan fingerprint density at radius 2 is 2.00 bits per heavy atom. The highest BCUT2D eigenvalue weighted by atomic mass is 16.3. The number of aromatic nitrogens is 6. The molecule has 2 N–H and O–H groups in total. The van der Waals surface area contributed by atoms with E-state index in [9.17, 15) is 5.11 Å². The van der Waals surface area contributed by atoms with Gasteiger partial charge < -0.3 is 15.0 Å². The molecule has 2 atom stereocenters. The van der Waals surface area contributed by atoms with Crippen LogP contribution in [0.2, 0.25) is 0 Å². The van der Waals surface area contributed by atoms with Crippen molar-refractivity contribution in [3.63, 3.8) is 0 Å². The van der Waals surface area contributed by atoms with Gasteiger partial charge in [-0.2, -0.15) is 0 Å². The van der Waals surface area contributed by atoms with Crippen LogP contribution in [0.15, 0.2) is 6.20 Å². The topological polar surface area (TPSA) is 93.7 Å². The lowest BCUT2D eigenvalue weighted by Crippen LogP contribution is -2.40. The molecular weight excluding hydrogens is 318 g/mol. The molecule has 0 bridgehead atoms. The molecule has 138 valence electrons. The van der Waals surface area contributed by atoms with E-state index in [1.54, 1.807) is 13.8 Å². The minimum absolute atomic E-state index is 0.247. The van der Waals surface area contributed by atoms with E-state index in [2.05, 4.69) is 37.3 Å². The van der Waals surface area contributed by atoms with Crippen molar-refractivity contribution in [3.05, 3.63) is 23.5 Å². The normalized spacial score (nSPS) is 21.6. The van der Waals surface area contributed by atoms with Gasteiger partial charge in [-0.05, 0) is 40.5 Å². The maximum Gasteiger partial charge on any atom is 0.146 e. The largest absolute Gasteiger partial charge is 0.384 e. The first-order valence-corrected chi connectivity index (χ1v) is 9.17. The predicted octanol–water partition coefficient (Wildman–Crippen LogP) is 1.70. The second kappa shape index (κ2) is 7.21. The Labute approximate surface area is 148 Å². The maximum atomic E-state index is 10.1. The zero-order valence-electron chi connectivity index (χ0n) is 15.6. The fourth-order valence-corrected chi connectivity index (χ4v) is 3.57. The second-order valence-electron chi connectivity index (χ2n) is 7.39. The third-order valence-electron chi connectivity index (χ3n) is 5.06. The van der Waals surface area contributed by atoms with Crippen LogP contribution < -0.4 is 5.32 Å². The molecule has 0 radical (unpaired) electrons. The van der Waals surface area contributed by atoms with E-state index in [-0.39, 0.29) is 6.04 Å². The first-order chi connectivity index (χ1) is 11.9. The lowest BCUT2D eigenvalue weighted by molar-refractivity contribution is 0.0736. The summed E-state index contributed by atoms with van der Waals surface area (Å²) in [6, 6.07) is 0.559. The van der Waals surface area contributed by atoms with Crippen molar-refractivity contribution in [2.75, 3.05) is 0 Å². The van der Waals surface area contributed by atoms with Crippen molar-refractivity contribution in [1.82, 2.24) is 35.1 Å². The lowest BCUT2D eigenvalue weighted by Gasteiger charge is -2.32. The van der Waals surface area contributed by atoms with Gasteiger partial charge in [0.25, 0.3) is 0 Å². The van der Waals surface area contributed by atoms with Crippen LogP contribution in [0.3, 0.4) is 0 Å². The molecule has 0 unspecified atom stereocenters. The molecule has 25 heavy (non-hydrogen) atoms. The maximum absolute atomic E-state index is 10.1. The van der Waals surface area contributed by atoms with Crippen molar-refractivity contribution in [3.8, 4) is 0 Å². The summed E-state index contributed by atoms with van der Waals surface area (Å²) >= 11 is 0. The first kappa shape index (κ1) is 18.0. The number of hydrogen-bond acceptors (Lipinski definition) is 6. The van der Waals surface area contributed by atoms with E-state index in [0.717, 1.165) is 31.0 Å². The van der Waals surface area contributed by atoms with Gasteiger partial charge in [-0.3, -0.25) is 0 Å². The van der Waals surface area contributed by atoms with Crippen LogP contribution >= 0.6 is 0 Å². The minimum atomic E-state index is -0.967. The minimum Gasteiger partial charge on any atom is -0.384 e. The van der Waals surface area contributed by atoms with Crippen molar-refractivity contribution in [2.45, 2.75) is 84.2 Å². The molecule has 0 amide bonds. The van der Waals surface area contributed by atoms with Crippen LogP contribution in [0.25, 0.3) is 0 Å². The number of nitrogens with zero attached hydrogens (tertiary/aromatic N) is 6. The molecule has 0 aromatic carbocycles. The van der Waals surface area contributed by atoms with E-state index in [1.807, 2.05) is 17.8 Å². The molecule has 8 heteroatoms. The van der Waals surface area contributed by atoms with E-state index >= 15 is 0 Å². The van der Waals surface area contributed by atoms with Crippen LogP contribution in [0.1, 0.15) is 69.8 Å². The van der Waals surface area contributed by atoms with Crippen LogP contribution in [0, 0.1) is 6.92 Å². The molecule has 1 aliphatic carbocycles. The molecule has 1 saturated carbocycles. The average Bonchev–Trinajstić information content (AvgIpc) is 3.19. The molecule has 0 spiro atoms. The Bertz CT molecular complexity index is 700. The molecule has 2 heterocycles. The molecule has 8 nitrogen and oxygen atoms in total. The smallest absolute Gasteiger partial charge is 0.146 e. The van der Waals surface area contributed by atoms with Gasteiger partial charge in [0.15, 0.2) is 0 Å². The molecule has 1 fully saturated rings. The summed E-state index contributed by atoms with van der Waals surface area (Å²) in [6.45, 7) is 9.13. The zero-order valence-corrected chi connectivity index (χ0v) is 15.6. The van der Waals surface area contributed by atoms with Crippen LogP contribution in [0.4, 0.5) is 0 Å². The number of aliphatic hydroxyl groups is 1. The number of rotatable bonds is 6. The highest BCUT2D eigenvalue weighted by Crippen LogP contribution is 2.29.